The van der Waals surface area contributed by atoms with Gasteiger partial charge in [0.05, 0.1) is 21.1 Å². The lowest BCUT2D eigenvalue weighted by atomic mass is 10.3. The highest BCUT2D eigenvalue weighted by atomic mass is 35.5. The summed E-state index contributed by atoms with van der Waals surface area (Å²) in [5.41, 5.74) is 1.74. The number of hydrogen-bond acceptors (Lipinski definition) is 2. The minimum Gasteiger partial charge on any atom is -0.354 e. The number of amides is 1. The Morgan fingerprint density at radius 2 is 2.10 bits per heavy atom. The van der Waals surface area contributed by atoms with E-state index in [0.29, 0.717) is 27.9 Å². The predicted molar refractivity (Wildman–Crippen MR) is 82.9 cm³/mol. The second kappa shape index (κ2) is 5.39. The van der Waals surface area contributed by atoms with Gasteiger partial charge in [0.25, 0.3) is 0 Å². The monoisotopic (exact) mass is 329 g/mol. The van der Waals surface area contributed by atoms with Gasteiger partial charge in [0.2, 0.25) is 5.91 Å². The van der Waals surface area contributed by atoms with E-state index in [1.54, 1.807) is 12.1 Å². The molecule has 0 radical (unpaired) electrons. The number of imidazole rings is 1. The molecule has 0 saturated heterocycles. The van der Waals surface area contributed by atoms with Gasteiger partial charge in [0, 0.05) is 19.0 Å². The van der Waals surface area contributed by atoms with Crippen LogP contribution in [0.15, 0.2) is 12.1 Å². The normalized spacial score (nSPS) is 14.7. The van der Waals surface area contributed by atoms with Crippen LogP contribution >= 0.6 is 35.4 Å². The number of aromatic nitrogens is 2. The first-order valence-corrected chi connectivity index (χ1v) is 7.58. The summed E-state index contributed by atoms with van der Waals surface area (Å²) in [6.45, 7) is 1.16. The zero-order valence-electron chi connectivity index (χ0n) is 10.6. The molecule has 1 aromatic carbocycles. The van der Waals surface area contributed by atoms with Gasteiger partial charge in [-0.05, 0) is 37.2 Å². The van der Waals surface area contributed by atoms with Crippen molar-refractivity contribution in [1.82, 2.24) is 14.9 Å². The molecule has 1 saturated carbocycles. The molecule has 2 N–H and O–H groups in total. The molecule has 4 nitrogen and oxygen atoms in total. The highest BCUT2D eigenvalue weighted by molar-refractivity contribution is 7.71. The molecule has 0 spiro atoms. The van der Waals surface area contributed by atoms with Crippen molar-refractivity contribution in [3.63, 3.8) is 0 Å². The van der Waals surface area contributed by atoms with Crippen LogP contribution in [0.25, 0.3) is 11.0 Å². The van der Waals surface area contributed by atoms with Crippen molar-refractivity contribution >= 4 is 52.4 Å². The van der Waals surface area contributed by atoms with Crippen LogP contribution in [0.3, 0.4) is 0 Å². The number of fused-ring (bicyclic) bond motifs is 1. The van der Waals surface area contributed by atoms with Crippen LogP contribution in [0.2, 0.25) is 10.0 Å². The molecule has 20 heavy (non-hydrogen) atoms. The third kappa shape index (κ3) is 2.71. The zero-order chi connectivity index (χ0) is 14.3. The molecule has 1 amide bonds. The number of carbonyl (C=O) groups excluding carboxylic acids is 1. The van der Waals surface area contributed by atoms with Crippen molar-refractivity contribution in [2.45, 2.75) is 19.4 Å². The highest BCUT2D eigenvalue weighted by Gasteiger charge is 2.29. The molecule has 0 atom stereocenters. The summed E-state index contributed by atoms with van der Waals surface area (Å²) in [6.07, 6.45) is 2.01. The first-order chi connectivity index (χ1) is 9.56. The van der Waals surface area contributed by atoms with Crippen LogP contribution in [-0.2, 0) is 11.3 Å². The Bertz CT molecular complexity index is 733. The molecule has 106 valence electrons. The van der Waals surface area contributed by atoms with E-state index in [1.165, 1.54) is 0 Å². The molecule has 0 aliphatic heterocycles. The van der Waals surface area contributed by atoms with Gasteiger partial charge < -0.3 is 14.9 Å². The Morgan fingerprint density at radius 3 is 2.80 bits per heavy atom. The number of H-pyrrole nitrogens is 1. The predicted octanol–water partition coefficient (Wildman–Crippen LogP) is 3.53. The standard InChI is InChI=1S/C13H13Cl2N3OS/c14-8-5-10-11(6-9(8)15)18(13(20)17-10)4-3-16-12(19)7-1-2-7/h5-7H,1-4H2,(H,16,19)(H,17,20). The fourth-order valence-corrected chi connectivity index (χ4v) is 2.78. The summed E-state index contributed by atoms with van der Waals surface area (Å²) >= 11 is 17.3. The summed E-state index contributed by atoms with van der Waals surface area (Å²) in [5.74, 6) is 0.358. The summed E-state index contributed by atoms with van der Waals surface area (Å²) < 4.78 is 2.51. The number of hydrogen-bond donors (Lipinski definition) is 2. The number of carbonyl (C=O) groups is 1. The molecule has 3 rings (SSSR count). The lowest BCUT2D eigenvalue weighted by molar-refractivity contribution is -0.122. The van der Waals surface area contributed by atoms with Gasteiger partial charge in [0.1, 0.15) is 0 Å². The largest absolute Gasteiger partial charge is 0.354 e. The average Bonchev–Trinajstić information content (AvgIpc) is 3.19. The molecule has 1 heterocycles. The smallest absolute Gasteiger partial charge is 0.223 e. The maximum Gasteiger partial charge on any atom is 0.223 e. The van der Waals surface area contributed by atoms with Crippen molar-refractivity contribution < 1.29 is 4.79 Å². The molecular weight excluding hydrogens is 317 g/mol. The van der Waals surface area contributed by atoms with E-state index in [0.717, 1.165) is 23.9 Å². The fourth-order valence-electron chi connectivity index (χ4n) is 2.15. The topological polar surface area (TPSA) is 49.8 Å². The van der Waals surface area contributed by atoms with Crippen molar-refractivity contribution in [2.75, 3.05) is 6.54 Å². The van der Waals surface area contributed by atoms with Crippen LogP contribution in [0.4, 0.5) is 0 Å². The third-order valence-electron chi connectivity index (χ3n) is 3.40. The Morgan fingerprint density at radius 1 is 1.40 bits per heavy atom. The van der Waals surface area contributed by atoms with Crippen LogP contribution in [-0.4, -0.2) is 22.0 Å². The Kier molecular flexibility index (Phi) is 3.75. The first kappa shape index (κ1) is 13.9. The summed E-state index contributed by atoms with van der Waals surface area (Å²) in [5, 5.41) is 3.90. The van der Waals surface area contributed by atoms with E-state index in [1.807, 2.05) is 4.57 Å². The molecule has 1 fully saturated rings. The molecule has 0 bridgehead atoms. The molecule has 1 aliphatic rings. The number of halogens is 2. The van der Waals surface area contributed by atoms with Gasteiger partial charge in [-0.3, -0.25) is 4.79 Å². The van der Waals surface area contributed by atoms with Crippen LogP contribution < -0.4 is 5.32 Å². The summed E-state index contributed by atoms with van der Waals surface area (Å²) in [6, 6.07) is 3.54. The number of benzene rings is 1. The molecule has 7 heteroatoms. The second-order valence-electron chi connectivity index (χ2n) is 4.93. The zero-order valence-corrected chi connectivity index (χ0v) is 12.9. The first-order valence-electron chi connectivity index (χ1n) is 6.41. The van der Waals surface area contributed by atoms with Crippen LogP contribution in [0, 0.1) is 10.7 Å². The van der Waals surface area contributed by atoms with Gasteiger partial charge in [-0.1, -0.05) is 23.2 Å². The minimum absolute atomic E-state index is 0.137. The van der Waals surface area contributed by atoms with Gasteiger partial charge >= 0.3 is 0 Å². The number of aromatic amines is 1. The molecular formula is C13H13Cl2N3OS. The number of rotatable bonds is 4. The SMILES string of the molecule is O=C(NCCn1c(=S)[nH]c2cc(Cl)c(Cl)cc21)C1CC1. The average molecular weight is 330 g/mol. The summed E-state index contributed by atoms with van der Waals surface area (Å²) in [7, 11) is 0. The lowest BCUT2D eigenvalue weighted by Gasteiger charge is -2.07. The van der Waals surface area contributed by atoms with E-state index >= 15 is 0 Å². The maximum absolute atomic E-state index is 11.6. The van der Waals surface area contributed by atoms with Crippen molar-refractivity contribution in [1.29, 1.82) is 0 Å². The van der Waals surface area contributed by atoms with Gasteiger partial charge in [-0.25, -0.2) is 0 Å². The Labute approximate surface area is 131 Å². The highest BCUT2D eigenvalue weighted by Crippen LogP contribution is 2.29. The lowest BCUT2D eigenvalue weighted by Crippen LogP contribution is -2.28. The van der Waals surface area contributed by atoms with Crippen molar-refractivity contribution in [3.8, 4) is 0 Å². The van der Waals surface area contributed by atoms with E-state index in [-0.39, 0.29) is 11.8 Å². The van der Waals surface area contributed by atoms with E-state index in [2.05, 4.69) is 10.3 Å². The number of nitrogens with zero attached hydrogens (tertiary/aromatic N) is 1. The van der Waals surface area contributed by atoms with Crippen LogP contribution in [0.5, 0.6) is 0 Å². The Balaban J connectivity index is 1.79. The van der Waals surface area contributed by atoms with E-state index in [4.69, 9.17) is 35.4 Å². The van der Waals surface area contributed by atoms with Crippen molar-refractivity contribution in [3.05, 3.63) is 26.9 Å². The van der Waals surface area contributed by atoms with Gasteiger partial charge in [-0.2, -0.15) is 0 Å². The quantitative estimate of drug-likeness (QED) is 0.843. The molecule has 1 aromatic heterocycles. The van der Waals surface area contributed by atoms with Gasteiger partial charge in [-0.15, -0.1) is 0 Å². The second-order valence-corrected chi connectivity index (χ2v) is 6.13. The molecule has 1 aliphatic carbocycles. The van der Waals surface area contributed by atoms with Crippen molar-refractivity contribution in [2.24, 2.45) is 5.92 Å². The third-order valence-corrected chi connectivity index (χ3v) is 4.44. The molecule has 2 aromatic rings. The fraction of sp³-hybridized carbons (Fsp3) is 0.385. The van der Waals surface area contributed by atoms with Crippen LogP contribution in [0.1, 0.15) is 12.8 Å². The van der Waals surface area contributed by atoms with E-state index < -0.39 is 0 Å². The summed E-state index contributed by atoms with van der Waals surface area (Å²) in [4.78, 5) is 14.7. The molecule has 0 unspecified atom stereocenters. The minimum atomic E-state index is 0.137. The van der Waals surface area contributed by atoms with Gasteiger partial charge in [0.15, 0.2) is 4.77 Å². The Hall–Kier alpha value is -1.04. The maximum atomic E-state index is 11.6. The number of nitrogens with one attached hydrogen (secondary N) is 2. The van der Waals surface area contributed by atoms with E-state index in [9.17, 15) is 4.79 Å².